The van der Waals surface area contributed by atoms with E-state index in [1.165, 1.54) is 18.2 Å². The first kappa shape index (κ1) is 16.2. The molecule has 25 heavy (non-hydrogen) atoms. The third-order valence-corrected chi connectivity index (χ3v) is 3.28. The van der Waals surface area contributed by atoms with Gasteiger partial charge >= 0.3 is 5.97 Å². The van der Waals surface area contributed by atoms with Crippen molar-refractivity contribution < 1.29 is 14.5 Å². The van der Waals surface area contributed by atoms with Crippen LogP contribution in [0.5, 0.6) is 0 Å². The minimum absolute atomic E-state index is 0.0565. The molecule has 126 valence electrons. The summed E-state index contributed by atoms with van der Waals surface area (Å²) in [5.41, 5.74) is 1.26. The SMILES string of the molecule is O=C(Cn1nnc(-c2ccccc2)n1)OCc1cccc([N+](=O)[O-])c1. The lowest BCUT2D eigenvalue weighted by Gasteiger charge is -2.04. The third-order valence-electron chi connectivity index (χ3n) is 3.28. The van der Waals surface area contributed by atoms with E-state index in [2.05, 4.69) is 15.4 Å². The van der Waals surface area contributed by atoms with Crippen molar-refractivity contribution in [2.45, 2.75) is 13.2 Å². The molecule has 0 atom stereocenters. The fraction of sp³-hybridized carbons (Fsp3) is 0.125. The summed E-state index contributed by atoms with van der Waals surface area (Å²) < 4.78 is 5.09. The van der Waals surface area contributed by atoms with E-state index in [4.69, 9.17) is 4.74 Å². The zero-order valence-electron chi connectivity index (χ0n) is 13.0. The minimum atomic E-state index is -0.566. The molecule has 9 heteroatoms. The molecule has 0 radical (unpaired) electrons. The number of nitrogens with zero attached hydrogens (tertiary/aromatic N) is 5. The summed E-state index contributed by atoms with van der Waals surface area (Å²) in [6.45, 7) is -0.268. The molecule has 0 unspecified atom stereocenters. The van der Waals surface area contributed by atoms with Gasteiger partial charge in [-0.15, -0.1) is 10.2 Å². The normalized spacial score (nSPS) is 10.4. The fourth-order valence-electron chi connectivity index (χ4n) is 2.10. The maximum absolute atomic E-state index is 11.9. The van der Waals surface area contributed by atoms with E-state index in [1.807, 2.05) is 30.3 Å². The smallest absolute Gasteiger partial charge is 0.330 e. The Morgan fingerprint density at radius 2 is 1.96 bits per heavy atom. The van der Waals surface area contributed by atoms with E-state index >= 15 is 0 Å². The number of benzene rings is 2. The van der Waals surface area contributed by atoms with E-state index in [9.17, 15) is 14.9 Å². The van der Waals surface area contributed by atoms with Gasteiger partial charge in [-0.1, -0.05) is 42.5 Å². The van der Waals surface area contributed by atoms with Crippen LogP contribution in [0.25, 0.3) is 11.4 Å². The molecule has 0 aliphatic heterocycles. The molecule has 1 heterocycles. The number of nitro groups is 1. The highest BCUT2D eigenvalue weighted by atomic mass is 16.6. The summed E-state index contributed by atoms with van der Waals surface area (Å²) in [5, 5.41) is 22.5. The van der Waals surface area contributed by atoms with Gasteiger partial charge in [-0.3, -0.25) is 10.1 Å². The number of tetrazole rings is 1. The first-order valence-corrected chi connectivity index (χ1v) is 7.34. The summed E-state index contributed by atoms with van der Waals surface area (Å²) >= 11 is 0. The molecule has 0 aliphatic rings. The van der Waals surface area contributed by atoms with Gasteiger partial charge in [0, 0.05) is 17.7 Å². The number of non-ortho nitro benzene ring substituents is 1. The highest BCUT2D eigenvalue weighted by Gasteiger charge is 2.11. The van der Waals surface area contributed by atoms with Gasteiger partial charge in [0.15, 0.2) is 6.54 Å². The zero-order chi connectivity index (χ0) is 17.6. The lowest BCUT2D eigenvalue weighted by molar-refractivity contribution is -0.384. The van der Waals surface area contributed by atoms with Crippen molar-refractivity contribution in [3.8, 4) is 11.4 Å². The fourth-order valence-corrected chi connectivity index (χ4v) is 2.10. The molecular weight excluding hydrogens is 326 g/mol. The highest BCUT2D eigenvalue weighted by Crippen LogP contribution is 2.14. The Morgan fingerprint density at radius 3 is 2.72 bits per heavy atom. The molecule has 0 fully saturated rings. The molecule has 0 aliphatic carbocycles. The summed E-state index contributed by atoms with van der Waals surface area (Å²) in [7, 11) is 0. The van der Waals surface area contributed by atoms with Crippen molar-refractivity contribution in [2.75, 3.05) is 0 Å². The van der Waals surface area contributed by atoms with Crippen molar-refractivity contribution >= 4 is 11.7 Å². The van der Waals surface area contributed by atoms with E-state index in [0.29, 0.717) is 11.4 Å². The van der Waals surface area contributed by atoms with Crippen molar-refractivity contribution in [3.05, 3.63) is 70.3 Å². The van der Waals surface area contributed by atoms with Gasteiger partial charge in [0.05, 0.1) is 4.92 Å². The monoisotopic (exact) mass is 339 g/mol. The molecule has 0 N–H and O–H groups in total. The van der Waals surface area contributed by atoms with Crippen LogP contribution < -0.4 is 0 Å². The Hall–Kier alpha value is -3.62. The molecule has 0 saturated heterocycles. The highest BCUT2D eigenvalue weighted by molar-refractivity contribution is 5.69. The van der Waals surface area contributed by atoms with Crippen LogP contribution in [0, 0.1) is 10.1 Å². The Morgan fingerprint density at radius 1 is 1.16 bits per heavy atom. The van der Waals surface area contributed by atoms with E-state index in [0.717, 1.165) is 10.4 Å². The maximum atomic E-state index is 11.9. The van der Waals surface area contributed by atoms with Gasteiger partial charge in [0.25, 0.3) is 5.69 Å². The molecular formula is C16H13N5O4. The number of aromatic nitrogens is 4. The Kier molecular flexibility index (Phi) is 4.74. The maximum Gasteiger partial charge on any atom is 0.330 e. The topological polar surface area (TPSA) is 113 Å². The van der Waals surface area contributed by atoms with Crippen LogP contribution in [0.3, 0.4) is 0 Å². The zero-order valence-corrected chi connectivity index (χ0v) is 13.0. The van der Waals surface area contributed by atoms with Crippen LogP contribution in [0.4, 0.5) is 5.69 Å². The van der Waals surface area contributed by atoms with Crippen LogP contribution in [-0.4, -0.2) is 31.1 Å². The van der Waals surface area contributed by atoms with Crippen LogP contribution in [0.1, 0.15) is 5.56 Å². The standard InChI is InChI=1S/C16H13N5O4/c22-15(25-11-12-5-4-8-14(9-12)21(23)24)10-20-18-16(17-19-20)13-6-2-1-3-7-13/h1-9H,10-11H2. The lowest BCUT2D eigenvalue weighted by atomic mass is 10.2. The van der Waals surface area contributed by atoms with Crippen LogP contribution in [0.15, 0.2) is 54.6 Å². The van der Waals surface area contributed by atoms with Crippen molar-refractivity contribution in [1.82, 2.24) is 20.2 Å². The number of carbonyl (C=O) groups excluding carboxylic acids is 1. The largest absolute Gasteiger partial charge is 0.459 e. The molecule has 9 nitrogen and oxygen atoms in total. The van der Waals surface area contributed by atoms with Crippen molar-refractivity contribution in [1.29, 1.82) is 0 Å². The quantitative estimate of drug-likeness (QED) is 0.383. The first-order chi connectivity index (χ1) is 12.1. The van der Waals surface area contributed by atoms with Crippen LogP contribution >= 0.6 is 0 Å². The van der Waals surface area contributed by atoms with Gasteiger partial charge in [-0.2, -0.15) is 4.80 Å². The van der Waals surface area contributed by atoms with Gasteiger partial charge in [-0.05, 0) is 10.8 Å². The average Bonchev–Trinajstić information content (AvgIpc) is 3.09. The van der Waals surface area contributed by atoms with Crippen LogP contribution in [0.2, 0.25) is 0 Å². The third kappa shape index (κ3) is 4.22. The predicted molar refractivity (Wildman–Crippen MR) is 86.1 cm³/mol. The number of ether oxygens (including phenoxy) is 1. The summed E-state index contributed by atoms with van der Waals surface area (Å²) in [6.07, 6.45) is 0. The number of carbonyl (C=O) groups is 1. The second kappa shape index (κ2) is 7.30. The van der Waals surface area contributed by atoms with Gasteiger partial charge in [0.1, 0.15) is 6.61 Å². The summed E-state index contributed by atoms with van der Waals surface area (Å²) in [4.78, 5) is 23.2. The van der Waals surface area contributed by atoms with Crippen LogP contribution in [-0.2, 0) is 22.7 Å². The molecule has 0 bridgehead atoms. The molecule has 3 aromatic rings. The predicted octanol–water partition coefficient (Wildman–Crippen LogP) is 1.99. The van der Waals surface area contributed by atoms with Gasteiger partial charge in [-0.25, -0.2) is 4.79 Å². The lowest BCUT2D eigenvalue weighted by Crippen LogP contribution is -2.15. The molecule has 0 spiro atoms. The van der Waals surface area contributed by atoms with Crippen molar-refractivity contribution in [3.63, 3.8) is 0 Å². The molecule has 2 aromatic carbocycles. The average molecular weight is 339 g/mol. The number of hydrogen-bond acceptors (Lipinski definition) is 7. The Bertz CT molecular complexity index is 894. The Balaban J connectivity index is 1.57. The minimum Gasteiger partial charge on any atom is -0.459 e. The number of esters is 1. The summed E-state index contributed by atoms with van der Waals surface area (Å²) in [5.74, 6) is -0.157. The second-order valence-corrected chi connectivity index (χ2v) is 5.10. The van der Waals surface area contributed by atoms with E-state index < -0.39 is 10.9 Å². The molecule has 0 saturated carbocycles. The first-order valence-electron chi connectivity index (χ1n) is 7.34. The van der Waals surface area contributed by atoms with Gasteiger partial charge in [0.2, 0.25) is 5.82 Å². The Labute approximate surface area is 142 Å². The van der Waals surface area contributed by atoms with E-state index in [1.54, 1.807) is 6.07 Å². The van der Waals surface area contributed by atoms with Gasteiger partial charge < -0.3 is 4.74 Å². The molecule has 0 amide bonds. The van der Waals surface area contributed by atoms with E-state index in [-0.39, 0.29) is 18.8 Å². The second-order valence-electron chi connectivity index (χ2n) is 5.10. The van der Waals surface area contributed by atoms with Crippen molar-refractivity contribution in [2.24, 2.45) is 0 Å². The number of hydrogen-bond donors (Lipinski definition) is 0. The molecule has 3 rings (SSSR count). The summed E-state index contributed by atoms with van der Waals surface area (Å²) in [6, 6.07) is 15.1. The molecule has 1 aromatic heterocycles. The number of rotatable bonds is 6. The number of nitro benzene ring substituents is 1.